The van der Waals surface area contributed by atoms with E-state index in [1.807, 2.05) is 37.3 Å². The highest BCUT2D eigenvalue weighted by molar-refractivity contribution is 9.10. The van der Waals surface area contributed by atoms with Crippen molar-refractivity contribution in [2.45, 2.75) is 62.4 Å². The third kappa shape index (κ3) is 7.52. The largest absolute Gasteiger partial charge is 0.352 e. The fourth-order valence-electron chi connectivity index (χ4n) is 5.12. The summed E-state index contributed by atoms with van der Waals surface area (Å²) in [6, 6.07) is 24.1. The number of hydrogen-bond donors (Lipinski definition) is 1. The number of anilines is 1. The molecule has 0 saturated heterocycles. The number of carbonyl (C=O) groups is 2. The van der Waals surface area contributed by atoms with Gasteiger partial charge in [0.1, 0.15) is 12.6 Å². The number of amides is 2. The number of nitrogens with one attached hydrogen (secondary N) is 1. The molecule has 0 aliphatic heterocycles. The van der Waals surface area contributed by atoms with E-state index in [4.69, 9.17) is 0 Å². The highest BCUT2D eigenvalue weighted by Gasteiger charge is 2.34. The Hall–Kier alpha value is -3.17. The molecule has 7 nitrogen and oxygen atoms in total. The number of benzene rings is 3. The van der Waals surface area contributed by atoms with Crippen LogP contribution in [0.25, 0.3) is 0 Å². The van der Waals surface area contributed by atoms with Crippen LogP contribution in [0.5, 0.6) is 0 Å². The molecule has 3 aromatic rings. The van der Waals surface area contributed by atoms with E-state index in [0.717, 1.165) is 40.0 Å². The number of carbonyl (C=O) groups excluding carboxylic acids is 2. The lowest BCUT2D eigenvalue weighted by Crippen LogP contribution is -2.54. The lowest BCUT2D eigenvalue weighted by molar-refractivity contribution is -0.139. The first kappa shape index (κ1) is 29.8. The lowest BCUT2D eigenvalue weighted by atomic mass is 10.1. The molecule has 4 rings (SSSR count). The van der Waals surface area contributed by atoms with Crippen LogP contribution in [0.3, 0.4) is 0 Å². The van der Waals surface area contributed by atoms with Gasteiger partial charge >= 0.3 is 0 Å². The zero-order valence-electron chi connectivity index (χ0n) is 22.7. The molecule has 1 fully saturated rings. The minimum absolute atomic E-state index is 0.0903. The van der Waals surface area contributed by atoms with E-state index >= 15 is 0 Å². The van der Waals surface area contributed by atoms with Crippen molar-refractivity contribution in [2.24, 2.45) is 0 Å². The van der Waals surface area contributed by atoms with Crippen LogP contribution < -0.4 is 9.62 Å². The minimum atomic E-state index is -4.06. The second-order valence-electron chi connectivity index (χ2n) is 10.0. The zero-order valence-corrected chi connectivity index (χ0v) is 25.1. The second-order valence-corrected chi connectivity index (χ2v) is 12.8. The first-order valence-corrected chi connectivity index (χ1v) is 16.0. The van der Waals surface area contributed by atoms with Gasteiger partial charge in [0.05, 0.1) is 10.6 Å². The second kappa shape index (κ2) is 13.9. The fourth-order valence-corrected chi connectivity index (χ4v) is 6.82. The predicted octanol–water partition coefficient (Wildman–Crippen LogP) is 5.55. The van der Waals surface area contributed by atoms with Gasteiger partial charge in [-0.3, -0.25) is 13.9 Å². The molecule has 2 amide bonds. The Bertz CT molecular complexity index is 1360. The van der Waals surface area contributed by atoms with E-state index in [9.17, 15) is 18.0 Å². The van der Waals surface area contributed by atoms with Gasteiger partial charge in [-0.1, -0.05) is 84.2 Å². The van der Waals surface area contributed by atoms with Crippen LogP contribution in [0.15, 0.2) is 94.3 Å². The van der Waals surface area contributed by atoms with Crippen molar-refractivity contribution >= 4 is 43.5 Å². The summed E-state index contributed by atoms with van der Waals surface area (Å²) < 4.78 is 29.6. The summed E-state index contributed by atoms with van der Waals surface area (Å²) in [5, 5.41) is 3.14. The molecule has 1 atom stereocenters. The average Bonchev–Trinajstić information content (AvgIpc) is 3.48. The van der Waals surface area contributed by atoms with Crippen molar-refractivity contribution in [2.75, 3.05) is 17.4 Å². The summed E-state index contributed by atoms with van der Waals surface area (Å²) in [5.41, 5.74) is 1.40. The maximum absolute atomic E-state index is 14.1. The van der Waals surface area contributed by atoms with Crippen LogP contribution in [0, 0.1) is 0 Å². The molecule has 1 aliphatic rings. The monoisotopic (exact) mass is 625 g/mol. The van der Waals surface area contributed by atoms with Crippen molar-refractivity contribution in [3.05, 3.63) is 95.0 Å². The lowest BCUT2D eigenvalue weighted by Gasteiger charge is -2.33. The van der Waals surface area contributed by atoms with Crippen LogP contribution in [-0.2, 0) is 26.0 Å². The van der Waals surface area contributed by atoms with E-state index in [1.165, 1.54) is 12.1 Å². The van der Waals surface area contributed by atoms with E-state index in [-0.39, 0.29) is 16.8 Å². The van der Waals surface area contributed by atoms with Crippen molar-refractivity contribution in [1.29, 1.82) is 0 Å². The van der Waals surface area contributed by atoms with Gasteiger partial charge in [0, 0.05) is 17.1 Å². The van der Waals surface area contributed by atoms with Crippen molar-refractivity contribution in [1.82, 2.24) is 10.2 Å². The van der Waals surface area contributed by atoms with Crippen LogP contribution >= 0.6 is 15.9 Å². The van der Waals surface area contributed by atoms with Crippen LogP contribution in [0.4, 0.5) is 5.69 Å². The van der Waals surface area contributed by atoms with E-state index in [2.05, 4.69) is 21.2 Å². The highest BCUT2D eigenvalue weighted by Crippen LogP contribution is 2.26. The van der Waals surface area contributed by atoms with Crippen molar-refractivity contribution < 1.29 is 18.0 Å². The minimum Gasteiger partial charge on any atom is -0.352 e. The normalized spacial score (nSPS) is 14.4. The summed E-state index contributed by atoms with van der Waals surface area (Å²) >= 11 is 3.40. The van der Waals surface area contributed by atoms with Crippen LogP contribution in [0.1, 0.15) is 44.6 Å². The molecule has 9 heteroatoms. The number of hydrogen-bond acceptors (Lipinski definition) is 4. The van der Waals surface area contributed by atoms with E-state index < -0.39 is 28.5 Å². The average molecular weight is 627 g/mol. The Kier molecular flexibility index (Phi) is 10.4. The van der Waals surface area contributed by atoms with Crippen molar-refractivity contribution in [3.63, 3.8) is 0 Å². The maximum atomic E-state index is 14.1. The third-order valence-electron chi connectivity index (χ3n) is 7.30. The molecule has 0 aromatic heterocycles. The van der Waals surface area contributed by atoms with Gasteiger partial charge in [0.15, 0.2) is 0 Å². The molecule has 3 aromatic carbocycles. The van der Waals surface area contributed by atoms with Gasteiger partial charge in [-0.15, -0.1) is 0 Å². The fraction of sp³-hybridized carbons (Fsp3) is 0.355. The van der Waals surface area contributed by atoms with Gasteiger partial charge in [0.2, 0.25) is 11.8 Å². The van der Waals surface area contributed by atoms with Crippen LogP contribution in [-0.4, -0.2) is 50.3 Å². The Morgan fingerprint density at radius 2 is 1.52 bits per heavy atom. The highest BCUT2D eigenvalue weighted by atomic mass is 79.9. The topological polar surface area (TPSA) is 86.8 Å². The molecule has 1 saturated carbocycles. The first-order chi connectivity index (χ1) is 19.3. The van der Waals surface area contributed by atoms with Gasteiger partial charge in [0.25, 0.3) is 10.0 Å². The number of sulfonamides is 1. The van der Waals surface area contributed by atoms with Crippen molar-refractivity contribution in [3.8, 4) is 0 Å². The predicted molar refractivity (Wildman–Crippen MR) is 161 cm³/mol. The Labute approximate surface area is 245 Å². The van der Waals surface area contributed by atoms with E-state index in [1.54, 1.807) is 47.4 Å². The van der Waals surface area contributed by atoms with E-state index in [0.29, 0.717) is 25.1 Å². The molecule has 212 valence electrons. The Balaban J connectivity index is 1.65. The van der Waals surface area contributed by atoms with Gasteiger partial charge in [-0.2, -0.15) is 0 Å². The standard InChI is InChI=1S/C31H36BrN3O4S/c1-2-29(31(37)33-26-13-9-10-14-26)34(22-21-24-11-5-3-6-12-24)30(36)23-35(27-19-17-25(32)18-20-27)40(38,39)28-15-7-4-8-16-28/h3-8,11-12,15-20,26,29H,2,9-10,13-14,21-23H2,1H3,(H,33,37)/t29-/m0/s1. The third-order valence-corrected chi connectivity index (χ3v) is 9.61. The number of rotatable bonds is 12. The molecular formula is C31H36BrN3O4S. The van der Waals surface area contributed by atoms with Gasteiger partial charge in [-0.05, 0) is 67.6 Å². The van der Waals surface area contributed by atoms with Crippen LogP contribution in [0.2, 0.25) is 0 Å². The molecule has 0 radical (unpaired) electrons. The molecule has 0 bridgehead atoms. The molecule has 0 unspecified atom stereocenters. The molecular weight excluding hydrogens is 590 g/mol. The van der Waals surface area contributed by atoms with Gasteiger partial charge in [-0.25, -0.2) is 8.42 Å². The summed E-state index contributed by atoms with van der Waals surface area (Å²) in [6.07, 6.45) is 5.00. The molecule has 40 heavy (non-hydrogen) atoms. The Morgan fingerprint density at radius 1 is 0.925 bits per heavy atom. The number of halogens is 1. The van der Waals surface area contributed by atoms with Gasteiger partial charge < -0.3 is 10.2 Å². The summed E-state index contributed by atoms with van der Waals surface area (Å²) in [4.78, 5) is 29.2. The summed E-state index contributed by atoms with van der Waals surface area (Å²) in [6.45, 7) is 1.74. The Morgan fingerprint density at radius 3 is 2.12 bits per heavy atom. The molecule has 0 heterocycles. The summed E-state index contributed by atoms with van der Waals surface area (Å²) in [5.74, 6) is -0.608. The first-order valence-electron chi connectivity index (χ1n) is 13.8. The molecule has 1 N–H and O–H groups in total. The summed E-state index contributed by atoms with van der Waals surface area (Å²) in [7, 11) is -4.06. The maximum Gasteiger partial charge on any atom is 0.264 e. The molecule has 1 aliphatic carbocycles. The molecule has 0 spiro atoms. The quantitative estimate of drug-likeness (QED) is 0.286. The number of nitrogens with zero attached hydrogens (tertiary/aromatic N) is 2. The zero-order chi connectivity index (χ0) is 28.5. The SMILES string of the molecule is CC[C@@H](C(=O)NC1CCCC1)N(CCc1ccccc1)C(=O)CN(c1ccc(Br)cc1)S(=O)(=O)c1ccccc1. The smallest absolute Gasteiger partial charge is 0.264 e.